The Morgan fingerprint density at radius 3 is 2.33 bits per heavy atom. The van der Waals surface area contributed by atoms with E-state index in [0.29, 0.717) is 0 Å². The molecule has 5 heteroatoms. The van der Waals surface area contributed by atoms with Gasteiger partial charge in [-0.2, -0.15) is 0 Å². The summed E-state index contributed by atoms with van der Waals surface area (Å²) in [7, 11) is 2.71. The van der Waals surface area contributed by atoms with E-state index >= 15 is 0 Å². The van der Waals surface area contributed by atoms with Crippen LogP contribution in [0, 0.1) is 0 Å². The molecule has 1 fully saturated rings. The molecule has 0 aromatic carbocycles. The van der Waals surface area contributed by atoms with E-state index in [1.165, 1.54) is 32.2 Å². The molecule has 0 radical (unpaired) electrons. The van der Waals surface area contributed by atoms with Crippen LogP contribution in [0.4, 0.5) is 0 Å². The number of rotatable bonds is 8. The minimum Gasteiger partial charge on any atom is -0.377 e. The second kappa shape index (κ2) is 8.27. The maximum Gasteiger partial charge on any atom is 0.500 e. The van der Waals surface area contributed by atoms with E-state index in [-0.39, 0.29) is 0 Å². The van der Waals surface area contributed by atoms with E-state index in [9.17, 15) is 0 Å². The van der Waals surface area contributed by atoms with Gasteiger partial charge in [-0.05, 0) is 38.8 Å². The molecular weight excluding hydrogens is 246 g/mol. The van der Waals surface area contributed by atoms with Crippen LogP contribution in [0.25, 0.3) is 0 Å². The highest BCUT2D eigenvalue weighted by molar-refractivity contribution is 6.60. The summed E-state index contributed by atoms with van der Waals surface area (Å²) < 4.78 is 16.4. The lowest BCUT2D eigenvalue weighted by atomic mass is 10.00. The molecule has 0 spiro atoms. The van der Waals surface area contributed by atoms with E-state index in [1.807, 2.05) is 0 Å². The molecule has 1 atom stereocenters. The summed E-state index contributed by atoms with van der Waals surface area (Å²) in [6.45, 7) is 4.69. The van der Waals surface area contributed by atoms with E-state index in [1.54, 1.807) is 21.3 Å². The Balaban J connectivity index is 2.35. The first-order valence-electron chi connectivity index (χ1n) is 7.10. The summed E-state index contributed by atoms with van der Waals surface area (Å²) in [5, 5.41) is 0. The molecule has 108 valence electrons. The highest BCUT2D eigenvalue weighted by Gasteiger charge is 2.37. The van der Waals surface area contributed by atoms with E-state index in [2.05, 4.69) is 11.8 Å². The number of piperidine rings is 1. The van der Waals surface area contributed by atoms with Gasteiger partial charge in [0.15, 0.2) is 0 Å². The van der Waals surface area contributed by atoms with Gasteiger partial charge in [-0.1, -0.05) is 13.3 Å². The first-order chi connectivity index (χ1) is 8.71. The topological polar surface area (TPSA) is 30.9 Å². The Kier molecular flexibility index (Phi) is 7.40. The molecule has 0 aliphatic carbocycles. The van der Waals surface area contributed by atoms with Gasteiger partial charge in [0.2, 0.25) is 0 Å². The SMILES string of the molecule is CCC1CCCCN1CCC[Si](OC)(OC)OC. The molecule has 18 heavy (non-hydrogen) atoms. The summed E-state index contributed by atoms with van der Waals surface area (Å²) >= 11 is 0. The largest absolute Gasteiger partial charge is 0.500 e. The Morgan fingerprint density at radius 2 is 1.78 bits per heavy atom. The zero-order valence-corrected chi connectivity index (χ0v) is 13.4. The molecule has 1 saturated heterocycles. The lowest BCUT2D eigenvalue weighted by molar-refractivity contribution is 0.114. The average Bonchev–Trinajstić information content (AvgIpc) is 2.44. The predicted octanol–water partition coefficient (Wildman–Crippen LogP) is 2.52. The van der Waals surface area contributed by atoms with Crippen LogP contribution >= 0.6 is 0 Å². The van der Waals surface area contributed by atoms with Gasteiger partial charge < -0.3 is 18.2 Å². The van der Waals surface area contributed by atoms with Crippen LogP contribution in [0.1, 0.15) is 39.0 Å². The van der Waals surface area contributed by atoms with Crippen LogP contribution in [0.5, 0.6) is 0 Å². The maximum atomic E-state index is 5.45. The lowest BCUT2D eigenvalue weighted by Crippen LogP contribution is -2.44. The predicted molar refractivity (Wildman–Crippen MR) is 75.7 cm³/mol. The van der Waals surface area contributed by atoms with E-state index in [4.69, 9.17) is 13.3 Å². The average molecular weight is 275 g/mol. The maximum absolute atomic E-state index is 5.45. The molecule has 0 bridgehead atoms. The van der Waals surface area contributed by atoms with Crippen LogP contribution in [0.2, 0.25) is 6.04 Å². The van der Waals surface area contributed by atoms with Crippen LogP contribution in [-0.4, -0.2) is 54.2 Å². The van der Waals surface area contributed by atoms with E-state index < -0.39 is 8.80 Å². The second-order valence-electron chi connectivity index (χ2n) is 4.99. The lowest BCUT2D eigenvalue weighted by Gasteiger charge is -2.35. The van der Waals surface area contributed by atoms with E-state index in [0.717, 1.165) is 25.1 Å². The van der Waals surface area contributed by atoms with Gasteiger partial charge in [0, 0.05) is 33.4 Å². The van der Waals surface area contributed by atoms with Gasteiger partial charge in [0.05, 0.1) is 0 Å². The molecule has 0 amide bonds. The molecule has 1 aliphatic rings. The molecule has 1 rings (SSSR count). The van der Waals surface area contributed by atoms with Crippen LogP contribution in [0.15, 0.2) is 0 Å². The fourth-order valence-electron chi connectivity index (χ4n) is 2.87. The van der Waals surface area contributed by atoms with Crippen molar-refractivity contribution in [1.29, 1.82) is 0 Å². The van der Waals surface area contributed by atoms with Crippen molar-refractivity contribution in [3.63, 3.8) is 0 Å². The highest BCUT2D eigenvalue weighted by atomic mass is 28.4. The summed E-state index contributed by atoms with van der Waals surface area (Å²) in [5.41, 5.74) is 0. The molecule has 0 N–H and O–H groups in total. The van der Waals surface area contributed by atoms with Gasteiger partial charge in [-0.25, -0.2) is 0 Å². The Morgan fingerprint density at radius 1 is 1.11 bits per heavy atom. The zero-order valence-electron chi connectivity index (χ0n) is 12.4. The van der Waals surface area contributed by atoms with Gasteiger partial charge >= 0.3 is 8.80 Å². The third kappa shape index (κ3) is 4.31. The summed E-state index contributed by atoms with van der Waals surface area (Å²) in [6.07, 6.45) is 6.46. The standard InChI is InChI=1S/C13H29NO3Si/c1-5-13-9-6-7-10-14(13)11-8-12-18(15-2,16-3)17-4/h13H,5-12H2,1-4H3. The quantitative estimate of drug-likeness (QED) is 0.637. The summed E-state index contributed by atoms with van der Waals surface area (Å²) in [4.78, 5) is 2.63. The van der Waals surface area contributed by atoms with Crippen LogP contribution in [0.3, 0.4) is 0 Å². The van der Waals surface area contributed by atoms with Crippen molar-refractivity contribution >= 4 is 8.80 Å². The van der Waals surface area contributed by atoms with Gasteiger partial charge in [0.1, 0.15) is 0 Å². The van der Waals surface area contributed by atoms with Crippen molar-refractivity contribution in [2.75, 3.05) is 34.4 Å². The van der Waals surface area contributed by atoms with Crippen molar-refractivity contribution in [3.8, 4) is 0 Å². The van der Waals surface area contributed by atoms with Crippen molar-refractivity contribution in [2.24, 2.45) is 0 Å². The molecule has 0 aromatic rings. The summed E-state index contributed by atoms with van der Waals surface area (Å²) in [5.74, 6) is 0. The van der Waals surface area contributed by atoms with Crippen LogP contribution < -0.4 is 0 Å². The fraction of sp³-hybridized carbons (Fsp3) is 1.00. The minimum atomic E-state index is -2.36. The molecule has 1 aliphatic heterocycles. The number of likely N-dealkylation sites (tertiary alicyclic amines) is 1. The van der Waals surface area contributed by atoms with Crippen molar-refractivity contribution in [2.45, 2.75) is 51.1 Å². The fourth-order valence-corrected chi connectivity index (χ4v) is 4.58. The third-order valence-electron chi connectivity index (χ3n) is 4.08. The molecule has 0 aromatic heterocycles. The normalized spacial score (nSPS) is 22.3. The Labute approximate surface area is 113 Å². The Hall–Kier alpha value is 0.0569. The van der Waals surface area contributed by atoms with Gasteiger partial charge in [-0.15, -0.1) is 0 Å². The molecule has 1 unspecified atom stereocenters. The summed E-state index contributed by atoms with van der Waals surface area (Å²) in [6, 6.07) is 1.69. The van der Waals surface area contributed by atoms with Crippen molar-refractivity contribution in [1.82, 2.24) is 4.90 Å². The molecule has 1 heterocycles. The number of nitrogens with zero attached hydrogens (tertiary/aromatic N) is 1. The Bertz CT molecular complexity index is 216. The minimum absolute atomic E-state index is 0.780. The smallest absolute Gasteiger partial charge is 0.377 e. The second-order valence-corrected chi connectivity index (χ2v) is 8.08. The first kappa shape index (κ1) is 16.1. The zero-order chi connectivity index (χ0) is 13.4. The van der Waals surface area contributed by atoms with Gasteiger partial charge in [-0.3, -0.25) is 0 Å². The number of hydrogen-bond acceptors (Lipinski definition) is 4. The van der Waals surface area contributed by atoms with Crippen molar-refractivity contribution in [3.05, 3.63) is 0 Å². The third-order valence-corrected chi connectivity index (χ3v) is 6.91. The molecule has 4 nitrogen and oxygen atoms in total. The first-order valence-corrected chi connectivity index (χ1v) is 9.04. The highest BCUT2D eigenvalue weighted by Crippen LogP contribution is 2.21. The van der Waals surface area contributed by atoms with Gasteiger partial charge in [0.25, 0.3) is 0 Å². The monoisotopic (exact) mass is 275 g/mol. The molecule has 0 saturated carbocycles. The number of hydrogen-bond donors (Lipinski definition) is 0. The molecular formula is C13H29NO3Si. The van der Waals surface area contributed by atoms with Crippen LogP contribution in [-0.2, 0) is 13.3 Å². The van der Waals surface area contributed by atoms with Crippen molar-refractivity contribution < 1.29 is 13.3 Å².